The zero-order chi connectivity index (χ0) is 38.5. The Balaban J connectivity index is 4.36. The van der Waals surface area contributed by atoms with Crippen molar-refractivity contribution in [1.82, 2.24) is 0 Å². The van der Waals surface area contributed by atoms with Crippen molar-refractivity contribution in [2.24, 2.45) is 17.8 Å². The first-order chi connectivity index (χ1) is 25.1. The third-order valence-corrected chi connectivity index (χ3v) is 10.5. The lowest BCUT2D eigenvalue weighted by Gasteiger charge is -2.18. The lowest BCUT2D eigenvalue weighted by Crippen LogP contribution is -2.30. The van der Waals surface area contributed by atoms with E-state index in [1.807, 2.05) is 0 Å². The summed E-state index contributed by atoms with van der Waals surface area (Å²) in [6.07, 6.45) is 33.8. The maximum atomic E-state index is 12.7. The highest BCUT2D eigenvalue weighted by Gasteiger charge is 2.19. The highest BCUT2D eigenvalue weighted by molar-refractivity contribution is 5.71. The second-order valence-corrected chi connectivity index (χ2v) is 16.9. The van der Waals surface area contributed by atoms with E-state index in [-0.39, 0.29) is 31.1 Å². The molecule has 0 saturated heterocycles. The zero-order valence-electron chi connectivity index (χ0n) is 35.6. The summed E-state index contributed by atoms with van der Waals surface area (Å²) in [5.74, 6) is 1.56. The van der Waals surface area contributed by atoms with Gasteiger partial charge in [-0.2, -0.15) is 0 Å². The number of esters is 3. The molecule has 0 aromatic heterocycles. The quantitative estimate of drug-likeness (QED) is 0.0355. The molecule has 308 valence electrons. The minimum atomic E-state index is -0.762. The van der Waals surface area contributed by atoms with Gasteiger partial charge in [0.1, 0.15) is 13.2 Å². The summed E-state index contributed by atoms with van der Waals surface area (Å²) in [6.45, 7) is 13.6. The molecular weight excluding hydrogens is 648 g/mol. The molecule has 0 aliphatic carbocycles. The fraction of sp³-hybridized carbons (Fsp3) is 0.935. The fourth-order valence-corrected chi connectivity index (χ4v) is 6.67. The van der Waals surface area contributed by atoms with Crippen LogP contribution in [0.1, 0.15) is 241 Å². The maximum Gasteiger partial charge on any atom is 0.306 e. The molecular formula is C46H88O6. The summed E-state index contributed by atoms with van der Waals surface area (Å²) in [4.78, 5) is 37.7. The van der Waals surface area contributed by atoms with Gasteiger partial charge in [-0.25, -0.2) is 0 Å². The number of hydrogen-bond acceptors (Lipinski definition) is 6. The molecule has 52 heavy (non-hydrogen) atoms. The molecule has 0 heterocycles. The Morgan fingerprint density at radius 1 is 0.385 bits per heavy atom. The van der Waals surface area contributed by atoms with Crippen molar-refractivity contribution >= 4 is 17.9 Å². The number of ether oxygens (including phenoxy) is 3. The maximum absolute atomic E-state index is 12.7. The summed E-state index contributed by atoms with van der Waals surface area (Å²) >= 11 is 0. The SMILES string of the molecule is CCC(C)CCCCCCCCC(=O)OC[C@@H](COC(=O)CCCCCCCCCCCC(C)C)OC(=O)CCCCCCCCCCCC(C)C. The van der Waals surface area contributed by atoms with Crippen LogP contribution in [0.3, 0.4) is 0 Å². The molecule has 6 heteroatoms. The smallest absolute Gasteiger partial charge is 0.306 e. The second kappa shape index (κ2) is 37.7. The summed E-state index contributed by atoms with van der Waals surface area (Å²) in [5, 5.41) is 0. The van der Waals surface area contributed by atoms with Gasteiger partial charge in [-0.05, 0) is 37.0 Å². The van der Waals surface area contributed by atoms with E-state index in [9.17, 15) is 14.4 Å². The Hall–Kier alpha value is -1.59. The zero-order valence-corrected chi connectivity index (χ0v) is 35.6. The van der Waals surface area contributed by atoms with Crippen molar-refractivity contribution in [3.8, 4) is 0 Å². The van der Waals surface area contributed by atoms with Crippen molar-refractivity contribution in [3.63, 3.8) is 0 Å². The van der Waals surface area contributed by atoms with Gasteiger partial charge in [0.05, 0.1) is 0 Å². The lowest BCUT2D eigenvalue weighted by atomic mass is 10.00. The van der Waals surface area contributed by atoms with Crippen molar-refractivity contribution < 1.29 is 28.6 Å². The monoisotopic (exact) mass is 737 g/mol. The number of carbonyl (C=O) groups is 3. The van der Waals surface area contributed by atoms with Crippen LogP contribution in [-0.2, 0) is 28.6 Å². The molecule has 0 aromatic rings. The molecule has 0 saturated carbocycles. The molecule has 6 nitrogen and oxygen atoms in total. The van der Waals surface area contributed by atoms with Crippen LogP contribution < -0.4 is 0 Å². The van der Waals surface area contributed by atoms with Crippen LogP contribution in [0.5, 0.6) is 0 Å². The van der Waals surface area contributed by atoms with E-state index in [4.69, 9.17) is 14.2 Å². The molecule has 0 rings (SSSR count). The first-order valence-corrected chi connectivity index (χ1v) is 22.6. The number of carbonyl (C=O) groups excluding carboxylic acids is 3. The van der Waals surface area contributed by atoms with E-state index in [1.165, 1.54) is 122 Å². The Bertz CT molecular complexity index is 809. The molecule has 1 unspecified atom stereocenters. The minimum absolute atomic E-state index is 0.0670. The topological polar surface area (TPSA) is 78.9 Å². The fourth-order valence-electron chi connectivity index (χ4n) is 6.67. The van der Waals surface area contributed by atoms with Gasteiger partial charge in [0.15, 0.2) is 6.10 Å². The number of rotatable bonds is 39. The Morgan fingerprint density at radius 3 is 1.00 bits per heavy atom. The second-order valence-electron chi connectivity index (χ2n) is 16.9. The summed E-state index contributed by atoms with van der Waals surface area (Å²) in [7, 11) is 0. The molecule has 2 atom stereocenters. The van der Waals surface area contributed by atoms with Crippen molar-refractivity contribution in [1.29, 1.82) is 0 Å². The van der Waals surface area contributed by atoms with Crippen LogP contribution in [-0.4, -0.2) is 37.2 Å². The van der Waals surface area contributed by atoms with Crippen LogP contribution in [0.2, 0.25) is 0 Å². The molecule has 0 spiro atoms. The standard InChI is InChI=1S/C46H88O6/c1-7-42(6)34-28-22-18-19-24-30-36-45(48)51-39-43(52-46(49)37-31-25-17-13-9-11-15-21-27-33-41(4)5)38-50-44(47)35-29-23-16-12-8-10-14-20-26-32-40(2)3/h40-43H,7-39H2,1-6H3/t42?,43-/m1/s1. The molecule has 0 amide bonds. The average Bonchev–Trinajstić information content (AvgIpc) is 3.11. The van der Waals surface area contributed by atoms with Gasteiger partial charge in [-0.15, -0.1) is 0 Å². The van der Waals surface area contributed by atoms with Crippen molar-refractivity contribution in [2.75, 3.05) is 13.2 Å². The third kappa shape index (κ3) is 38.1. The van der Waals surface area contributed by atoms with Gasteiger partial charge in [0.2, 0.25) is 0 Å². The minimum Gasteiger partial charge on any atom is -0.462 e. The third-order valence-electron chi connectivity index (χ3n) is 10.5. The first-order valence-electron chi connectivity index (χ1n) is 22.6. The van der Waals surface area contributed by atoms with Crippen LogP contribution in [0.4, 0.5) is 0 Å². The van der Waals surface area contributed by atoms with E-state index >= 15 is 0 Å². The van der Waals surface area contributed by atoms with Gasteiger partial charge in [0, 0.05) is 19.3 Å². The van der Waals surface area contributed by atoms with Gasteiger partial charge in [0.25, 0.3) is 0 Å². The van der Waals surface area contributed by atoms with Crippen LogP contribution in [0.15, 0.2) is 0 Å². The van der Waals surface area contributed by atoms with Crippen LogP contribution in [0, 0.1) is 17.8 Å². The van der Waals surface area contributed by atoms with E-state index in [1.54, 1.807) is 0 Å². The van der Waals surface area contributed by atoms with Gasteiger partial charge in [-0.3, -0.25) is 14.4 Å². The molecule has 0 N–H and O–H groups in total. The molecule has 0 aliphatic rings. The predicted molar refractivity (Wildman–Crippen MR) is 219 cm³/mol. The molecule has 0 aromatic carbocycles. The Kier molecular flexibility index (Phi) is 36.6. The van der Waals surface area contributed by atoms with Gasteiger partial charge in [-0.1, -0.05) is 202 Å². The molecule has 0 radical (unpaired) electrons. The molecule has 0 aliphatic heterocycles. The summed E-state index contributed by atoms with van der Waals surface area (Å²) < 4.78 is 16.7. The van der Waals surface area contributed by atoms with Crippen molar-refractivity contribution in [2.45, 2.75) is 247 Å². The molecule has 0 bridgehead atoms. The average molecular weight is 737 g/mol. The van der Waals surface area contributed by atoms with Crippen LogP contribution >= 0.6 is 0 Å². The first kappa shape index (κ1) is 50.4. The van der Waals surface area contributed by atoms with E-state index in [2.05, 4.69) is 41.5 Å². The lowest BCUT2D eigenvalue weighted by molar-refractivity contribution is -0.167. The summed E-state index contributed by atoms with van der Waals surface area (Å²) in [6, 6.07) is 0. The summed E-state index contributed by atoms with van der Waals surface area (Å²) in [5.41, 5.74) is 0. The van der Waals surface area contributed by atoms with Gasteiger partial charge < -0.3 is 14.2 Å². The van der Waals surface area contributed by atoms with Crippen LogP contribution in [0.25, 0.3) is 0 Å². The van der Waals surface area contributed by atoms with E-state index < -0.39 is 6.10 Å². The predicted octanol–water partition coefficient (Wildman–Crippen LogP) is 14.0. The van der Waals surface area contributed by atoms with Crippen molar-refractivity contribution in [3.05, 3.63) is 0 Å². The highest BCUT2D eigenvalue weighted by Crippen LogP contribution is 2.17. The highest BCUT2D eigenvalue weighted by atomic mass is 16.6. The largest absolute Gasteiger partial charge is 0.462 e. The van der Waals surface area contributed by atoms with E-state index in [0.29, 0.717) is 19.3 Å². The normalized spacial score (nSPS) is 12.7. The number of hydrogen-bond donors (Lipinski definition) is 0. The number of unbranched alkanes of at least 4 members (excludes halogenated alkanes) is 21. The Labute approximate surface area is 323 Å². The van der Waals surface area contributed by atoms with E-state index in [0.717, 1.165) is 75.5 Å². The molecule has 0 fully saturated rings. The van der Waals surface area contributed by atoms with Gasteiger partial charge >= 0.3 is 17.9 Å². The Morgan fingerprint density at radius 2 is 0.673 bits per heavy atom.